The van der Waals surface area contributed by atoms with E-state index in [2.05, 4.69) is 0 Å². The number of aromatic hydroxyl groups is 7. The van der Waals surface area contributed by atoms with E-state index >= 15 is 0 Å². The summed E-state index contributed by atoms with van der Waals surface area (Å²) in [7, 11) is 0. The number of benzene rings is 4. The Morgan fingerprint density at radius 2 is 1.22 bits per heavy atom. The Morgan fingerprint density at radius 1 is 0.569 bits per heavy atom. The fraction of sp³-hybridized carbons (Fsp3) is 0.314. The number of ether oxygens (including phenoxy) is 4. The van der Waals surface area contributed by atoms with Gasteiger partial charge in [-0.05, 0) is 35.4 Å². The third-order valence-electron chi connectivity index (χ3n) is 9.35. The van der Waals surface area contributed by atoms with Crippen LogP contribution >= 0.6 is 0 Å². The number of rotatable bonds is 5. The summed E-state index contributed by atoms with van der Waals surface area (Å²) in [5, 5.41) is 128. The SMILES string of the molecule is Oc1cc(O)c2c(c1)O[C@H](c1ccc(O)c(O)c1)[C@@H](O)[C@@H]2c1c(O[C@@H]2OC[C@@H](O)[C@H](O)[C@H]2O)cc(O)c2c1O[C@H](c1ccc(O)c(O)c1)[C@@H](O)C2. The zero-order valence-electron chi connectivity index (χ0n) is 26.3. The van der Waals surface area contributed by atoms with E-state index in [0.29, 0.717) is 0 Å². The first-order valence-electron chi connectivity index (χ1n) is 15.7. The van der Waals surface area contributed by atoms with Crippen LogP contribution in [0, 0.1) is 0 Å². The molecule has 7 rings (SSSR count). The van der Waals surface area contributed by atoms with Crippen molar-refractivity contribution in [2.24, 2.45) is 0 Å². The van der Waals surface area contributed by atoms with Crippen LogP contribution in [0.25, 0.3) is 0 Å². The monoisotopic (exact) mass is 710 g/mol. The van der Waals surface area contributed by atoms with Gasteiger partial charge in [0.1, 0.15) is 65.0 Å². The van der Waals surface area contributed by atoms with Gasteiger partial charge in [-0.2, -0.15) is 0 Å². The molecule has 16 nitrogen and oxygen atoms in total. The molecule has 16 heteroatoms. The summed E-state index contributed by atoms with van der Waals surface area (Å²) >= 11 is 0. The molecule has 1 saturated heterocycles. The summed E-state index contributed by atoms with van der Waals surface area (Å²) in [5.74, 6) is -5.52. The van der Waals surface area contributed by atoms with Gasteiger partial charge in [0.2, 0.25) is 6.29 Å². The number of aliphatic hydroxyl groups excluding tert-OH is 5. The summed E-state index contributed by atoms with van der Waals surface area (Å²) in [4.78, 5) is 0. The standard InChI is InChI=1S/C35H34O16/c36-14-7-21(42)26-24(8-14)49-33(13-2-4-17(38)20(41)6-13)30(46)28(26)27-25(50-35-31(47)29(45)23(44)11-48-35)10-18(39)15-9-22(43)32(51-34(15)27)12-1-3-16(37)19(40)5-12/h1-8,10,22-23,28-33,35-47H,9,11H2/t22-,23+,28-,29-,30-,31+,32+,33+,35-/m0/s1. The van der Waals surface area contributed by atoms with Crippen molar-refractivity contribution in [1.29, 1.82) is 0 Å². The van der Waals surface area contributed by atoms with Gasteiger partial charge < -0.3 is 80.2 Å². The molecule has 270 valence electrons. The summed E-state index contributed by atoms with van der Waals surface area (Å²) in [6.07, 6.45) is -12.6. The lowest BCUT2D eigenvalue weighted by atomic mass is 9.77. The van der Waals surface area contributed by atoms with Crippen LogP contribution in [0.1, 0.15) is 45.9 Å². The van der Waals surface area contributed by atoms with E-state index in [4.69, 9.17) is 18.9 Å². The fourth-order valence-electron chi connectivity index (χ4n) is 6.80. The second-order valence-electron chi connectivity index (χ2n) is 12.7. The van der Waals surface area contributed by atoms with Crippen molar-refractivity contribution in [1.82, 2.24) is 0 Å². The van der Waals surface area contributed by atoms with Gasteiger partial charge in [0.05, 0.1) is 18.6 Å². The second-order valence-corrected chi connectivity index (χ2v) is 12.7. The van der Waals surface area contributed by atoms with Crippen molar-refractivity contribution in [3.05, 3.63) is 82.4 Å². The van der Waals surface area contributed by atoms with E-state index in [1.807, 2.05) is 0 Å². The largest absolute Gasteiger partial charge is 0.508 e. The summed E-state index contributed by atoms with van der Waals surface area (Å²) in [6, 6.07) is 10.6. The van der Waals surface area contributed by atoms with Crippen molar-refractivity contribution in [3.63, 3.8) is 0 Å². The van der Waals surface area contributed by atoms with Gasteiger partial charge in [-0.1, -0.05) is 12.1 Å². The van der Waals surface area contributed by atoms with Gasteiger partial charge >= 0.3 is 0 Å². The van der Waals surface area contributed by atoms with Crippen LogP contribution < -0.4 is 14.2 Å². The zero-order chi connectivity index (χ0) is 36.5. The molecule has 3 aliphatic heterocycles. The third-order valence-corrected chi connectivity index (χ3v) is 9.35. The molecule has 12 N–H and O–H groups in total. The molecule has 4 aromatic rings. The highest BCUT2D eigenvalue weighted by Gasteiger charge is 2.48. The Labute approximate surface area is 288 Å². The van der Waals surface area contributed by atoms with Crippen molar-refractivity contribution < 1.29 is 80.2 Å². The van der Waals surface area contributed by atoms with Crippen LogP contribution in [0.5, 0.6) is 57.5 Å². The predicted octanol–water partition coefficient (Wildman–Crippen LogP) is 1.11. The Kier molecular flexibility index (Phi) is 8.53. The molecular formula is C35H34O16. The van der Waals surface area contributed by atoms with Gasteiger partial charge in [-0.3, -0.25) is 0 Å². The minimum absolute atomic E-state index is 0.0157. The summed E-state index contributed by atoms with van der Waals surface area (Å²) in [5.41, 5.74) is 0.142. The first kappa shape index (κ1) is 34.1. The highest BCUT2D eigenvalue weighted by Crippen LogP contribution is 2.57. The van der Waals surface area contributed by atoms with Gasteiger partial charge in [0.15, 0.2) is 29.1 Å². The molecular weight excluding hydrogens is 676 g/mol. The van der Waals surface area contributed by atoms with Crippen LogP contribution in [0.4, 0.5) is 0 Å². The Balaban J connectivity index is 1.46. The molecule has 0 aromatic heterocycles. The number of hydrogen-bond donors (Lipinski definition) is 12. The predicted molar refractivity (Wildman–Crippen MR) is 170 cm³/mol. The van der Waals surface area contributed by atoms with Gasteiger partial charge in [0.25, 0.3) is 0 Å². The Hall–Kier alpha value is -5.36. The molecule has 4 aromatic carbocycles. The average molecular weight is 711 g/mol. The molecule has 3 heterocycles. The van der Waals surface area contributed by atoms with E-state index in [1.165, 1.54) is 18.2 Å². The Bertz CT molecular complexity index is 1980. The molecule has 1 fully saturated rings. The Morgan fingerprint density at radius 3 is 1.86 bits per heavy atom. The molecule has 9 atom stereocenters. The number of phenols is 7. The minimum Gasteiger partial charge on any atom is -0.508 e. The lowest BCUT2D eigenvalue weighted by Crippen LogP contribution is -2.54. The van der Waals surface area contributed by atoms with Crippen LogP contribution in [0.15, 0.2) is 54.6 Å². The molecule has 0 bridgehead atoms. The molecule has 0 amide bonds. The topological polar surface area (TPSA) is 280 Å². The van der Waals surface area contributed by atoms with Crippen molar-refractivity contribution in [2.75, 3.05) is 6.61 Å². The molecule has 0 aliphatic carbocycles. The normalized spacial score (nSPS) is 28.5. The van der Waals surface area contributed by atoms with Crippen LogP contribution in [-0.2, 0) is 11.2 Å². The van der Waals surface area contributed by atoms with E-state index in [9.17, 15) is 61.3 Å². The lowest BCUT2D eigenvalue weighted by molar-refractivity contribution is -0.242. The zero-order valence-corrected chi connectivity index (χ0v) is 26.3. The molecule has 3 aliphatic rings. The average Bonchev–Trinajstić information content (AvgIpc) is 3.08. The van der Waals surface area contributed by atoms with Crippen molar-refractivity contribution >= 4 is 0 Å². The van der Waals surface area contributed by atoms with Crippen molar-refractivity contribution in [2.45, 2.75) is 61.4 Å². The fourth-order valence-corrected chi connectivity index (χ4v) is 6.80. The first-order valence-corrected chi connectivity index (χ1v) is 15.7. The number of hydrogen-bond acceptors (Lipinski definition) is 16. The smallest absolute Gasteiger partial charge is 0.228 e. The molecule has 0 unspecified atom stereocenters. The van der Waals surface area contributed by atoms with Gasteiger partial charge in [-0.25, -0.2) is 0 Å². The van der Waals surface area contributed by atoms with Gasteiger partial charge in [-0.15, -0.1) is 0 Å². The van der Waals surface area contributed by atoms with E-state index in [-0.39, 0.29) is 51.5 Å². The van der Waals surface area contributed by atoms with E-state index in [1.54, 1.807) is 0 Å². The second kappa shape index (κ2) is 12.8. The number of fused-ring (bicyclic) bond motifs is 2. The van der Waals surface area contributed by atoms with Crippen LogP contribution in [-0.4, -0.2) is 105 Å². The maximum atomic E-state index is 12.2. The maximum absolute atomic E-state index is 12.2. The van der Waals surface area contributed by atoms with E-state index < -0.39 is 102 Å². The van der Waals surface area contributed by atoms with Gasteiger partial charge in [0, 0.05) is 41.3 Å². The summed E-state index contributed by atoms with van der Waals surface area (Å²) in [6.45, 7) is -0.459. The molecule has 51 heavy (non-hydrogen) atoms. The van der Waals surface area contributed by atoms with Crippen LogP contribution in [0.3, 0.4) is 0 Å². The summed E-state index contributed by atoms with van der Waals surface area (Å²) < 4.78 is 23.9. The molecule has 0 radical (unpaired) electrons. The highest BCUT2D eigenvalue weighted by molar-refractivity contribution is 5.66. The lowest BCUT2D eigenvalue weighted by Gasteiger charge is -2.41. The van der Waals surface area contributed by atoms with E-state index in [0.717, 1.165) is 36.4 Å². The number of aliphatic hydroxyl groups is 5. The first-order chi connectivity index (χ1) is 24.2. The van der Waals surface area contributed by atoms with Crippen molar-refractivity contribution in [3.8, 4) is 57.5 Å². The third kappa shape index (κ3) is 5.86. The highest BCUT2D eigenvalue weighted by atomic mass is 16.7. The molecule has 0 saturated carbocycles. The maximum Gasteiger partial charge on any atom is 0.228 e. The quantitative estimate of drug-likeness (QED) is 0.129. The minimum atomic E-state index is -1.82. The van der Waals surface area contributed by atoms with Crippen LogP contribution in [0.2, 0.25) is 0 Å². The molecule has 0 spiro atoms. The number of phenolic OH excluding ortho intramolecular Hbond substituents is 7.